The fourth-order valence-electron chi connectivity index (χ4n) is 2.04. The molecule has 0 aromatic rings. The molecule has 0 radical (unpaired) electrons. The Morgan fingerprint density at radius 3 is 2.35 bits per heavy atom. The third-order valence-electron chi connectivity index (χ3n) is 3.57. The third-order valence-corrected chi connectivity index (χ3v) is 5.18. The molecule has 0 spiro atoms. The molecule has 0 saturated heterocycles. The van der Waals surface area contributed by atoms with Gasteiger partial charge in [-0.1, -0.05) is 22.6 Å². The number of nitrogens with zero attached hydrogens (tertiary/aromatic N) is 1. The Balaban J connectivity index is 2.40. The molecule has 1 aliphatic carbocycles. The molecule has 0 aromatic heterocycles. The average molecular weight is 441 g/mol. The van der Waals surface area contributed by atoms with Crippen molar-refractivity contribution in [2.24, 2.45) is 5.92 Å². The van der Waals surface area contributed by atoms with Crippen molar-refractivity contribution in [2.75, 3.05) is 37.3 Å². The quantitative estimate of drug-likeness (QED) is 0.293. The highest BCUT2D eigenvalue weighted by molar-refractivity contribution is 14.1. The lowest BCUT2D eigenvalue weighted by Crippen LogP contribution is -2.48. The molecule has 1 fully saturated rings. The van der Waals surface area contributed by atoms with Crippen LogP contribution in [0.5, 0.6) is 0 Å². The zero-order valence-corrected chi connectivity index (χ0v) is 17.3. The fourth-order valence-corrected chi connectivity index (χ4v) is 2.51. The van der Waals surface area contributed by atoms with Crippen molar-refractivity contribution in [3.63, 3.8) is 0 Å². The minimum atomic E-state index is -0.483. The van der Waals surface area contributed by atoms with Crippen molar-refractivity contribution in [1.29, 1.82) is 0 Å². The van der Waals surface area contributed by atoms with Crippen molar-refractivity contribution in [1.82, 2.24) is 4.90 Å². The number of alkyl halides is 1. The number of hydrogen-bond donors (Lipinski definition) is 0. The summed E-state index contributed by atoms with van der Waals surface area (Å²) >= 11 is 2.30. The van der Waals surface area contributed by atoms with E-state index in [-0.39, 0.29) is 6.09 Å². The second-order valence-electron chi connectivity index (χ2n) is 7.44. The second-order valence-corrected chi connectivity index (χ2v) is 8.21. The zero-order chi connectivity index (χ0) is 17.5. The van der Waals surface area contributed by atoms with Gasteiger partial charge in [-0.15, -0.1) is 0 Å². The smallest absolute Gasteiger partial charge is 0.410 e. The topological polar surface area (TPSA) is 48.0 Å². The standard InChI is InChI=1S/C17H32INO4/c1-6-19(15(20)23-16(2,3)4)13-17(5,12-18)22-10-9-21-11-14-7-8-14/h14H,6-13H2,1-5H3. The summed E-state index contributed by atoms with van der Waals surface area (Å²) in [7, 11) is 0. The SMILES string of the molecule is CCN(CC(C)(CI)OCCOCC1CC1)C(=O)OC(C)(C)C. The van der Waals surface area contributed by atoms with Gasteiger partial charge in [0.2, 0.25) is 0 Å². The molecule has 0 aliphatic heterocycles. The molecule has 1 atom stereocenters. The maximum Gasteiger partial charge on any atom is 0.410 e. The lowest BCUT2D eigenvalue weighted by atomic mass is 10.1. The summed E-state index contributed by atoms with van der Waals surface area (Å²) < 4.78 is 17.9. The molecule has 1 unspecified atom stereocenters. The van der Waals surface area contributed by atoms with E-state index in [1.54, 1.807) is 4.90 Å². The maximum atomic E-state index is 12.3. The van der Waals surface area contributed by atoms with Crippen molar-refractivity contribution < 1.29 is 19.0 Å². The first-order valence-corrected chi connectivity index (χ1v) is 9.97. The Labute approximate surface area is 154 Å². The van der Waals surface area contributed by atoms with Gasteiger partial charge in [0.1, 0.15) is 5.60 Å². The number of carbonyl (C=O) groups excluding carboxylic acids is 1. The van der Waals surface area contributed by atoms with Crippen molar-refractivity contribution in [3.8, 4) is 0 Å². The summed E-state index contributed by atoms with van der Waals surface area (Å²) in [5.74, 6) is 0.772. The number of amides is 1. The van der Waals surface area contributed by atoms with Crippen LogP contribution in [0.15, 0.2) is 0 Å². The minimum Gasteiger partial charge on any atom is -0.444 e. The summed E-state index contributed by atoms with van der Waals surface area (Å²) in [6.07, 6.45) is 2.31. The fraction of sp³-hybridized carbons (Fsp3) is 0.941. The normalized spacial score (nSPS) is 17.7. The van der Waals surface area contributed by atoms with Crippen molar-refractivity contribution in [2.45, 2.75) is 58.7 Å². The van der Waals surface area contributed by atoms with Crippen LogP contribution >= 0.6 is 22.6 Å². The van der Waals surface area contributed by atoms with Gasteiger partial charge in [-0.25, -0.2) is 4.79 Å². The lowest BCUT2D eigenvalue weighted by molar-refractivity contribution is -0.0607. The third kappa shape index (κ3) is 9.10. The first kappa shape index (κ1) is 21.0. The summed E-state index contributed by atoms with van der Waals surface area (Å²) in [6, 6.07) is 0. The first-order chi connectivity index (χ1) is 10.7. The largest absolute Gasteiger partial charge is 0.444 e. The van der Waals surface area contributed by atoms with Crippen molar-refractivity contribution in [3.05, 3.63) is 0 Å². The van der Waals surface area contributed by atoms with E-state index < -0.39 is 11.2 Å². The Hall–Kier alpha value is -0.0800. The van der Waals surface area contributed by atoms with Crippen LogP contribution in [0.3, 0.4) is 0 Å². The van der Waals surface area contributed by atoms with Crippen LogP contribution in [0.25, 0.3) is 0 Å². The minimum absolute atomic E-state index is 0.287. The molecule has 136 valence electrons. The van der Waals surface area contributed by atoms with Crippen LogP contribution in [0.4, 0.5) is 4.79 Å². The number of rotatable bonds is 10. The molecule has 0 aromatic carbocycles. The summed E-state index contributed by atoms with van der Waals surface area (Å²) in [4.78, 5) is 14.0. The Morgan fingerprint density at radius 1 is 1.22 bits per heavy atom. The highest BCUT2D eigenvalue weighted by atomic mass is 127. The zero-order valence-electron chi connectivity index (χ0n) is 15.2. The molecule has 0 bridgehead atoms. The molecule has 0 N–H and O–H groups in total. The van der Waals surface area contributed by atoms with Gasteiger partial charge in [-0.3, -0.25) is 0 Å². The lowest BCUT2D eigenvalue weighted by Gasteiger charge is -2.34. The van der Waals surface area contributed by atoms with Gasteiger partial charge < -0.3 is 19.1 Å². The van der Waals surface area contributed by atoms with E-state index in [2.05, 4.69) is 22.6 Å². The predicted octanol–water partition coefficient (Wildman–Crippen LogP) is 3.88. The van der Waals surface area contributed by atoms with Crippen LogP contribution in [0.1, 0.15) is 47.5 Å². The van der Waals surface area contributed by atoms with E-state index in [0.29, 0.717) is 26.3 Å². The summed E-state index contributed by atoms with van der Waals surface area (Å²) in [6.45, 7) is 12.8. The predicted molar refractivity (Wildman–Crippen MR) is 100 cm³/mol. The Morgan fingerprint density at radius 2 is 1.87 bits per heavy atom. The first-order valence-electron chi connectivity index (χ1n) is 8.44. The van der Waals surface area contributed by atoms with Gasteiger partial charge in [0, 0.05) is 17.6 Å². The monoisotopic (exact) mass is 441 g/mol. The summed E-state index contributed by atoms with van der Waals surface area (Å²) in [5.41, 5.74) is -0.876. The van der Waals surface area contributed by atoms with Crippen LogP contribution in [-0.4, -0.2) is 59.5 Å². The highest BCUT2D eigenvalue weighted by Crippen LogP contribution is 2.28. The van der Waals surface area contributed by atoms with Gasteiger partial charge >= 0.3 is 6.09 Å². The second kappa shape index (κ2) is 9.42. The molecule has 1 saturated carbocycles. The molecule has 23 heavy (non-hydrogen) atoms. The van der Waals surface area contributed by atoms with Gasteiger partial charge in [0.05, 0.1) is 25.4 Å². The number of ether oxygens (including phenoxy) is 3. The van der Waals surface area contributed by atoms with E-state index >= 15 is 0 Å². The molecule has 6 heteroatoms. The number of likely N-dealkylation sites (N-methyl/N-ethyl adjacent to an activating group) is 1. The molecule has 1 rings (SSSR count). The van der Waals surface area contributed by atoms with Gasteiger partial charge in [0.15, 0.2) is 0 Å². The Bertz CT molecular complexity index is 368. The van der Waals surface area contributed by atoms with Crippen LogP contribution in [0, 0.1) is 5.92 Å². The van der Waals surface area contributed by atoms with Gasteiger partial charge in [-0.05, 0) is 53.4 Å². The van der Waals surface area contributed by atoms with Crippen LogP contribution < -0.4 is 0 Å². The molecule has 5 nitrogen and oxygen atoms in total. The Kier molecular flexibility index (Phi) is 8.58. The van der Waals surface area contributed by atoms with Crippen LogP contribution in [0.2, 0.25) is 0 Å². The number of halogens is 1. The molecule has 1 amide bonds. The maximum absolute atomic E-state index is 12.3. The molecular weight excluding hydrogens is 409 g/mol. The van der Waals surface area contributed by atoms with Gasteiger partial charge in [-0.2, -0.15) is 0 Å². The van der Waals surface area contributed by atoms with E-state index in [9.17, 15) is 4.79 Å². The number of hydrogen-bond acceptors (Lipinski definition) is 4. The highest BCUT2D eigenvalue weighted by Gasteiger charge is 2.31. The van der Waals surface area contributed by atoms with E-state index in [4.69, 9.17) is 14.2 Å². The molecular formula is C17H32INO4. The summed E-state index contributed by atoms with van der Waals surface area (Å²) in [5, 5.41) is 0. The van der Waals surface area contributed by atoms with Crippen molar-refractivity contribution >= 4 is 28.7 Å². The molecule has 0 heterocycles. The van der Waals surface area contributed by atoms with Gasteiger partial charge in [0.25, 0.3) is 0 Å². The van der Waals surface area contributed by atoms with E-state index in [0.717, 1.165) is 17.0 Å². The number of carbonyl (C=O) groups is 1. The van der Waals surface area contributed by atoms with E-state index in [1.165, 1.54) is 12.8 Å². The molecule has 1 aliphatic rings. The average Bonchev–Trinajstić information content (AvgIpc) is 3.26. The van der Waals surface area contributed by atoms with E-state index in [1.807, 2.05) is 34.6 Å². The van der Waals surface area contributed by atoms with Crippen LogP contribution in [-0.2, 0) is 14.2 Å².